The second-order valence-corrected chi connectivity index (χ2v) is 5.30. The summed E-state index contributed by atoms with van der Waals surface area (Å²) in [6, 6.07) is 3.74. The summed E-state index contributed by atoms with van der Waals surface area (Å²) in [5, 5.41) is 9.59. The summed E-state index contributed by atoms with van der Waals surface area (Å²) in [5.74, 6) is 0.454. The number of hydrogen-bond donors (Lipinski definition) is 1. The van der Waals surface area contributed by atoms with Gasteiger partial charge >= 0.3 is 5.97 Å². The summed E-state index contributed by atoms with van der Waals surface area (Å²) < 4.78 is 16.6. The molecule has 108 valence electrons. The van der Waals surface area contributed by atoms with Gasteiger partial charge in [-0.25, -0.2) is 0 Å². The highest BCUT2D eigenvalue weighted by atomic mass is 16.6. The molecule has 1 saturated carbocycles. The molecule has 1 aromatic rings. The van der Waals surface area contributed by atoms with E-state index in [-0.39, 0.29) is 0 Å². The van der Waals surface area contributed by atoms with Crippen molar-refractivity contribution >= 4 is 5.97 Å². The Morgan fingerprint density at radius 1 is 1.30 bits per heavy atom. The van der Waals surface area contributed by atoms with Crippen LogP contribution in [0, 0.1) is 0 Å². The average Bonchev–Trinajstić information content (AvgIpc) is 2.39. The summed E-state index contributed by atoms with van der Waals surface area (Å²) in [4.78, 5) is 11.7. The van der Waals surface area contributed by atoms with Crippen LogP contribution in [0.15, 0.2) is 12.1 Å². The molecule has 1 heterocycles. The van der Waals surface area contributed by atoms with Crippen LogP contribution in [-0.2, 0) is 21.6 Å². The average molecular weight is 278 g/mol. The Kier molecular flexibility index (Phi) is 3.30. The number of rotatable bonds is 4. The Morgan fingerprint density at radius 3 is 2.55 bits per heavy atom. The molecule has 0 spiro atoms. The fourth-order valence-corrected chi connectivity index (χ4v) is 2.97. The number of carboxylic acid groups (broad SMARTS) is 1. The molecule has 0 saturated heterocycles. The molecule has 1 aromatic carbocycles. The minimum atomic E-state index is -0.809. The van der Waals surface area contributed by atoms with Crippen molar-refractivity contribution in [2.45, 2.75) is 31.3 Å². The molecule has 0 unspecified atom stereocenters. The second kappa shape index (κ2) is 4.98. The molecule has 1 aliphatic heterocycles. The van der Waals surface area contributed by atoms with Gasteiger partial charge in [0.1, 0.15) is 13.2 Å². The third-order valence-corrected chi connectivity index (χ3v) is 4.20. The van der Waals surface area contributed by atoms with E-state index in [1.165, 1.54) is 0 Å². The molecular weight excluding hydrogens is 260 g/mol. The van der Waals surface area contributed by atoms with Crippen LogP contribution >= 0.6 is 0 Å². The number of ether oxygens (including phenoxy) is 3. The lowest BCUT2D eigenvalue weighted by Gasteiger charge is -2.40. The van der Waals surface area contributed by atoms with E-state index in [4.69, 9.17) is 14.2 Å². The van der Waals surface area contributed by atoms with Gasteiger partial charge in [-0.2, -0.15) is 0 Å². The maximum absolute atomic E-state index is 11.7. The smallest absolute Gasteiger partial charge is 0.314 e. The topological polar surface area (TPSA) is 65.0 Å². The van der Waals surface area contributed by atoms with Gasteiger partial charge in [-0.15, -0.1) is 0 Å². The Bertz CT molecular complexity index is 533. The summed E-state index contributed by atoms with van der Waals surface area (Å²) >= 11 is 0. The Hall–Kier alpha value is -1.75. The summed E-state index contributed by atoms with van der Waals surface area (Å²) in [6.45, 7) is 1.35. The Morgan fingerprint density at radius 2 is 2.00 bits per heavy atom. The van der Waals surface area contributed by atoms with E-state index in [1.54, 1.807) is 7.11 Å². The fourth-order valence-electron chi connectivity index (χ4n) is 2.97. The van der Waals surface area contributed by atoms with Gasteiger partial charge in [-0.1, -0.05) is 18.6 Å². The highest BCUT2D eigenvalue weighted by Gasteiger charge is 2.48. The summed E-state index contributed by atoms with van der Waals surface area (Å²) in [7, 11) is 1.62. The fraction of sp³-hybridized carbons (Fsp3) is 0.533. The molecular formula is C15H18O5. The molecule has 20 heavy (non-hydrogen) atoms. The van der Waals surface area contributed by atoms with Crippen molar-refractivity contribution in [2.75, 3.05) is 20.3 Å². The van der Waals surface area contributed by atoms with Crippen molar-refractivity contribution in [3.63, 3.8) is 0 Å². The van der Waals surface area contributed by atoms with Gasteiger partial charge < -0.3 is 19.3 Å². The number of aliphatic carboxylic acids is 1. The van der Waals surface area contributed by atoms with Crippen molar-refractivity contribution in [3.8, 4) is 11.5 Å². The Labute approximate surface area is 117 Å². The van der Waals surface area contributed by atoms with Gasteiger partial charge in [-0.05, 0) is 12.8 Å². The third-order valence-electron chi connectivity index (χ3n) is 4.20. The SMILES string of the molecule is COCc1ccc(C2(C(=O)O)CCC2)c2c1OCCO2. The zero-order valence-corrected chi connectivity index (χ0v) is 11.5. The van der Waals surface area contributed by atoms with Crippen LogP contribution in [-0.4, -0.2) is 31.4 Å². The van der Waals surface area contributed by atoms with Gasteiger partial charge in [0.2, 0.25) is 0 Å². The van der Waals surface area contributed by atoms with Crippen LogP contribution in [0.2, 0.25) is 0 Å². The van der Waals surface area contributed by atoms with Crippen LogP contribution < -0.4 is 9.47 Å². The first-order valence-electron chi connectivity index (χ1n) is 6.83. The predicted octanol–water partition coefficient (Wildman–Crippen LogP) is 2.11. The second-order valence-electron chi connectivity index (χ2n) is 5.30. The highest BCUT2D eigenvalue weighted by molar-refractivity contribution is 5.84. The van der Waals surface area contributed by atoms with Gasteiger partial charge in [0.15, 0.2) is 11.5 Å². The molecule has 1 fully saturated rings. The predicted molar refractivity (Wildman–Crippen MR) is 71.3 cm³/mol. The zero-order valence-electron chi connectivity index (χ0n) is 11.5. The normalized spacial score (nSPS) is 19.2. The van der Waals surface area contributed by atoms with Crippen molar-refractivity contribution in [2.24, 2.45) is 0 Å². The molecule has 0 amide bonds. The molecule has 2 aliphatic rings. The largest absolute Gasteiger partial charge is 0.486 e. The monoisotopic (exact) mass is 278 g/mol. The van der Waals surface area contributed by atoms with Gasteiger partial charge in [-0.3, -0.25) is 4.79 Å². The molecule has 5 heteroatoms. The van der Waals surface area contributed by atoms with Crippen LogP contribution in [0.25, 0.3) is 0 Å². The minimum Gasteiger partial charge on any atom is -0.486 e. The van der Waals surface area contributed by atoms with E-state index in [2.05, 4.69) is 0 Å². The lowest BCUT2D eigenvalue weighted by molar-refractivity contribution is -0.147. The maximum Gasteiger partial charge on any atom is 0.314 e. The van der Waals surface area contributed by atoms with Crippen LogP contribution in [0.1, 0.15) is 30.4 Å². The first kappa shape index (κ1) is 13.2. The number of methoxy groups -OCH3 is 1. The quantitative estimate of drug-likeness (QED) is 0.913. The summed E-state index contributed by atoms with van der Waals surface area (Å²) in [5.41, 5.74) is 0.827. The van der Waals surface area contributed by atoms with E-state index in [0.717, 1.165) is 17.5 Å². The molecule has 0 radical (unpaired) electrons. The molecule has 1 aliphatic carbocycles. The van der Waals surface area contributed by atoms with Crippen molar-refractivity contribution in [3.05, 3.63) is 23.3 Å². The first-order chi connectivity index (χ1) is 9.69. The van der Waals surface area contributed by atoms with Crippen molar-refractivity contribution < 1.29 is 24.1 Å². The molecule has 0 aromatic heterocycles. The first-order valence-corrected chi connectivity index (χ1v) is 6.83. The van der Waals surface area contributed by atoms with E-state index in [1.807, 2.05) is 12.1 Å². The van der Waals surface area contributed by atoms with Crippen LogP contribution in [0.4, 0.5) is 0 Å². The van der Waals surface area contributed by atoms with Crippen LogP contribution in [0.3, 0.4) is 0 Å². The Balaban J connectivity index is 2.10. The van der Waals surface area contributed by atoms with Gasteiger partial charge in [0.05, 0.1) is 12.0 Å². The van der Waals surface area contributed by atoms with E-state index in [9.17, 15) is 9.90 Å². The third kappa shape index (κ3) is 1.85. The standard InChI is InChI=1S/C15H18O5/c1-18-9-10-3-4-11(13-12(10)19-7-8-20-13)15(14(16)17)5-2-6-15/h3-4H,2,5-9H2,1H3,(H,16,17). The summed E-state index contributed by atoms with van der Waals surface area (Å²) in [6.07, 6.45) is 2.24. The number of carbonyl (C=O) groups is 1. The molecule has 1 N–H and O–H groups in total. The molecule has 0 atom stereocenters. The van der Waals surface area contributed by atoms with E-state index >= 15 is 0 Å². The van der Waals surface area contributed by atoms with Crippen molar-refractivity contribution in [1.82, 2.24) is 0 Å². The lowest BCUT2D eigenvalue weighted by Crippen LogP contribution is -2.43. The van der Waals surface area contributed by atoms with E-state index < -0.39 is 11.4 Å². The van der Waals surface area contributed by atoms with Crippen LogP contribution in [0.5, 0.6) is 11.5 Å². The van der Waals surface area contributed by atoms with Gasteiger partial charge in [0, 0.05) is 18.2 Å². The van der Waals surface area contributed by atoms with Gasteiger partial charge in [0.25, 0.3) is 0 Å². The number of carboxylic acids is 1. The van der Waals surface area contributed by atoms with Crippen molar-refractivity contribution in [1.29, 1.82) is 0 Å². The molecule has 5 nitrogen and oxygen atoms in total. The number of hydrogen-bond acceptors (Lipinski definition) is 4. The number of benzene rings is 1. The maximum atomic E-state index is 11.7. The van der Waals surface area contributed by atoms with E-state index in [0.29, 0.717) is 44.2 Å². The highest BCUT2D eigenvalue weighted by Crippen LogP contribution is 2.51. The minimum absolute atomic E-state index is 0.423. The molecule has 0 bridgehead atoms. The zero-order chi connectivity index (χ0) is 14.2. The number of fused-ring (bicyclic) bond motifs is 1. The molecule has 3 rings (SSSR count). The lowest BCUT2D eigenvalue weighted by atomic mass is 9.64.